The fourth-order valence-corrected chi connectivity index (χ4v) is 1.45. The normalized spacial score (nSPS) is 9.63. The SMILES string of the molecule is Cl.NN(C(=O)c1ccc(F)cc1)c1ccc(F)cc1. The lowest BCUT2D eigenvalue weighted by Gasteiger charge is -2.16. The maximum atomic E-state index is 12.7. The van der Waals surface area contributed by atoms with Gasteiger partial charge in [0.05, 0.1) is 5.69 Å². The zero-order chi connectivity index (χ0) is 13.1. The van der Waals surface area contributed by atoms with Crippen LogP contribution in [0.2, 0.25) is 0 Å². The van der Waals surface area contributed by atoms with Crippen molar-refractivity contribution in [3.05, 3.63) is 65.7 Å². The summed E-state index contributed by atoms with van der Waals surface area (Å²) in [7, 11) is 0. The van der Waals surface area contributed by atoms with Crippen molar-refractivity contribution in [3.8, 4) is 0 Å². The molecular formula is C13H11ClF2N2O. The molecule has 0 saturated carbocycles. The summed E-state index contributed by atoms with van der Waals surface area (Å²) in [6, 6.07) is 10.2. The second-order valence-corrected chi connectivity index (χ2v) is 3.66. The molecule has 2 aromatic carbocycles. The van der Waals surface area contributed by atoms with Crippen LogP contribution in [-0.2, 0) is 0 Å². The third-order valence-electron chi connectivity index (χ3n) is 2.41. The number of hydrazine groups is 1. The summed E-state index contributed by atoms with van der Waals surface area (Å²) in [6.45, 7) is 0. The van der Waals surface area contributed by atoms with Crippen molar-refractivity contribution in [2.24, 2.45) is 5.84 Å². The van der Waals surface area contributed by atoms with Crippen LogP contribution in [0.15, 0.2) is 48.5 Å². The monoisotopic (exact) mass is 284 g/mol. The number of hydrogen-bond donors (Lipinski definition) is 1. The second-order valence-electron chi connectivity index (χ2n) is 3.66. The summed E-state index contributed by atoms with van der Waals surface area (Å²) in [5.41, 5.74) is 0.606. The summed E-state index contributed by atoms with van der Waals surface area (Å²) in [5.74, 6) is 4.28. The van der Waals surface area contributed by atoms with Crippen molar-refractivity contribution in [1.82, 2.24) is 0 Å². The van der Waals surface area contributed by atoms with Gasteiger partial charge < -0.3 is 0 Å². The minimum absolute atomic E-state index is 0. The Labute approximate surface area is 115 Å². The quantitative estimate of drug-likeness (QED) is 0.524. The number of hydrogen-bond acceptors (Lipinski definition) is 2. The van der Waals surface area contributed by atoms with Crippen LogP contribution >= 0.6 is 12.4 Å². The third kappa shape index (κ3) is 3.49. The van der Waals surface area contributed by atoms with Gasteiger partial charge in [0.2, 0.25) is 0 Å². The molecule has 0 aliphatic carbocycles. The standard InChI is InChI=1S/C13H10F2N2O.ClH/c14-10-3-1-9(2-4-10)13(18)17(16)12-7-5-11(15)6-8-12;/h1-8H,16H2;1H. The van der Waals surface area contributed by atoms with Crippen molar-refractivity contribution >= 4 is 24.0 Å². The molecule has 0 heterocycles. The van der Waals surface area contributed by atoms with Crippen molar-refractivity contribution in [1.29, 1.82) is 0 Å². The van der Waals surface area contributed by atoms with E-state index in [-0.39, 0.29) is 18.0 Å². The lowest BCUT2D eigenvalue weighted by molar-refractivity contribution is 0.0987. The zero-order valence-corrected chi connectivity index (χ0v) is 10.5. The van der Waals surface area contributed by atoms with Gasteiger partial charge in [0, 0.05) is 5.56 Å². The van der Waals surface area contributed by atoms with Crippen molar-refractivity contribution in [2.75, 3.05) is 5.01 Å². The van der Waals surface area contributed by atoms with Gasteiger partial charge in [-0.25, -0.2) is 19.6 Å². The Morgan fingerprint density at radius 3 is 1.79 bits per heavy atom. The van der Waals surface area contributed by atoms with Crippen LogP contribution in [0, 0.1) is 11.6 Å². The lowest BCUT2D eigenvalue weighted by Crippen LogP contribution is -2.37. The lowest BCUT2D eigenvalue weighted by atomic mass is 10.2. The summed E-state index contributed by atoms with van der Waals surface area (Å²) < 4.78 is 25.5. The summed E-state index contributed by atoms with van der Waals surface area (Å²) in [6.07, 6.45) is 0. The van der Waals surface area contributed by atoms with E-state index < -0.39 is 17.5 Å². The predicted molar refractivity (Wildman–Crippen MR) is 71.0 cm³/mol. The summed E-state index contributed by atoms with van der Waals surface area (Å²) in [4.78, 5) is 11.9. The molecule has 0 saturated heterocycles. The molecule has 0 spiro atoms. The van der Waals surface area contributed by atoms with Crippen molar-refractivity contribution in [3.63, 3.8) is 0 Å². The molecule has 19 heavy (non-hydrogen) atoms. The molecule has 0 radical (unpaired) electrons. The highest BCUT2D eigenvalue weighted by molar-refractivity contribution is 6.05. The molecular weight excluding hydrogens is 274 g/mol. The molecule has 0 aliphatic rings. The van der Waals surface area contributed by atoms with Crippen molar-refractivity contribution < 1.29 is 13.6 Å². The van der Waals surface area contributed by atoms with Gasteiger partial charge in [-0.05, 0) is 48.5 Å². The predicted octanol–water partition coefficient (Wildman–Crippen LogP) is 2.91. The molecule has 2 rings (SSSR count). The Hall–Kier alpha value is -1.98. The van der Waals surface area contributed by atoms with Gasteiger partial charge in [0.1, 0.15) is 11.6 Å². The van der Waals surface area contributed by atoms with Crippen LogP contribution in [0.5, 0.6) is 0 Å². The van der Waals surface area contributed by atoms with Crippen LogP contribution < -0.4 is 10.9 Å². The molecule has 2 aromatic rings. The molecule has 2 N–H and O–H groups in total. The smallest absolute Gasteiger partial charge is 0.267 e. The number of nitrogens with zero attached hydrogens (tertiary/aromatic N) is 1. The maximum Gasteiger partial charge on any atom is 0.272 e. The molecule has 6 heteroatoms. The first-order valence-electron chi connectivity index (χ1n) is 5.18. The number of nitrogens with two attached hydrogens (primary N) is 1. The van der Waals surface area contributed by atoms with E-state index in [0.717, 1.165) is 5.01 Å². The molecule has 100 valence electrons. The average molecular weight is 285 g/mol. The first kappa shape index (κ1) is 15.1. The van der Waals surface area contributed by atoms with Gasteiger partial charge in [0.25, 0.3) is 5.91 Å². The molecule has 0 bridgehead atoms. The van der Waals surface area contributed by atoms with Gasteiger partial charge in [-0.2, -0.15) is 0 Å². The van der Waals surface area contributed by atoms with Gasteiger partial charge in [-0.1, -0.05) is 0 Å². The Morgan fingerprint density at radius 2 is 1.32 bits per heavy atom. The highest BCUT2D eigenvalue weighted by Gasteiger charge is 2.14. The molecule has 0 aliphatic heterocycles. The van der Waals surface area contributed by atoms with Gasteiger partial charge in [-0.3, -0.25) is 4.79 Å². The Balaban J connectivity index is 0.00000180. The Kier molecular flexibility index (Phi) is 4.97. The highest BCUT2D eigenvalue weighted by Crippen LogP contribution is 2.14. The van der Waals surface area contributed by atoms with E-state index in [4.69, 9.17) is 5.84 Å². The fourth-order valence-electron chi connectivity index (χ4n) is 1.45. The molecule has 0 fully saturated rings. The number of anilines is 1. The van der Waals surface area contributed by atoms with E-state index in [9.17, 15) is 13.6 Å². The Bertz CT molecular complexity index is 558. The summed E-state index contributed by atoms with van der Waals surface area (Å²) in [5, 5.41) is 0.882. The van der Waals surface area contributed by atoms with Crippen LogP contribution in [-0.4, -0.2) is 5.91 Å². The molecule has 0 unspecified atom stereocenters. The Morgan fingerprint density at radius 1 is 0.895 bits per heavy atom. The minimum atomic E-state index is -0.499. The average Bonchev–Trinajstić information content (AvgIpc) is 2.39. The second kappa shape index (κ2) is 6.26. The van der Waals surface area contributed by atoms with E-state index in [1.165, 1.54) is 48.5 Å². The number of carbonyl (C=O) groups excluding carboxylic acids is 1. The fraction of sp³-hybridized carbons (Fsp3) is 0. The highest BCUT2D eigenvalue weighted by atomic mass is 35.5. The van der Waals surface area contributed by atoms with Gasteiger partial charge in [-0.15, -0.1) is 12.4 Å². The largest absolute Gasteiger partial charge is 0.272 e. The number of halogens is 3. The van der Waals surface area contributed by atoms with E-state index in [0.29, 0.717) is 5.69 Å². The van der Waals surface area contributed by atoms with E-state index >= 15 is 0 Å². The van der Waals surface area contributed by atoms with Crippen LogP contribution in [0.1, 0.15) is 10.4 Å². The number of carbonyl (C=O) groups is 1. The third-order valence-corrected chi connectivity index (χ3v) is 2.41. The molecule has 3 nitrogen and oxygen atoms in total. The molecule has 1 amide bonds. The first-order chi connectivity index (χ1) is 8.58. The maximum absolute atomic E-state index is 12.7. The van der Waals surface area contributed by atoms with Gasteiger partial charge in [0.15, 0.2) is 0 Å². The topological polar surface area (TPSA) is 46.3 Å². The van der Waals surface area contributed by atoms with Crippen LogP contribution in [0.25, 0.3) is 0 Å². The molecule has 0 atom stereocenters. The van der Waals surface area contributed by atoms with Crippen LogP contribution in [0.3, 0.4) is 0 Å². The minimum Gasteiger partial charge on any atom is -0.267 e. The number of amides is 1. The zero-order valence-electron chi connectivity index (χ0n) is 9.72. The van der Waals surface area contributed by atoms with E-state index in [2.05, 4.69) is 0 Å². The van der Waals surface area contributed by atoms with Gasteiger partial charge >= 0.3 is 0 Å². The first-order valence-corrected chi connectivity index (χ1v) is 5.18. The molecule has 0 aromatic heterocycles. The summed E-state index contributed by atoms with van der Waals surface area (Å²) >= 11 is 0. The number of rotatable bonds is 2. The van der Waals surface area contributed by atoms with E-state index in [1.54, 1.807) is 0 Å². The number of benzene rings is 2. The van der Waals surface area contributed by atoms with Crippen molar-refractivity contribution in [2.45, 2.75) is 0 Å². The van der Waals surface area contributed by atoms with E-state index in [1.807, 2.05) is 0 Å². The van der Waals surface area contributed by atoms with Crippen LogP contribution in [0.4, 0.5) is 14.5 Å².